The van der Waals surface area contributed by atoms with Gasteiger partial charge in [0.1, 0.15) is 5.69 Å². The number of nitrogens with one attached hydrogen (secondary N) is 1. The van der Waals surface area contributed by atoms with E-state index in [9.17, 15) is 9.59 Å². The van der Waals surface area contributed by atoms with Crippen molar-refractivity contribution in [2.75, 3.05) is 19.6 Å². The van der Waals surface area contributed by atoms with Gasteiger partial charge in [-0.05, 0) is 26.2 Å². The summed E-state index contributed by atoms with van der Waals surface area (Å²) < 4.78 is 0. The van der Waals surface area contributed by atoms with Gasteiger partial charge >= 0.3 is 0 Å². The SMILES string of the molecule is CCCCNC(=O)C1CCCN(C(=O)c2csc(C)n2)C1. The first-order chi connectivity index (χ1) is 10.1. The van der Waals surface area contributed by atoms with Crippen LogP contribution in [0.1, 0.15) is 48.1 Å². The molecule has 0 aliphatic carbocycles. The zero-order chi connectivity index (χ0) is 15.2. The van der Waals surface area contributed by atoms with E-state index < -0.39 is 0 Å². The smallest absolute Gasteiger partial charge is 0.273 e. The van der Waals surface area contributed by atoms with Crippen molar-refractivity contribution in [1.82, 2.24) is 15.2 Å². The Morgan fingerprint density at radius 3 is 3.00 bits per heavy atom. The fourth-order valence-corrected chi connectivity index (χ4v) is 3.12. The molecule has 0 saturated carbocycles. The Morgan fingerprint density at radius 1 is 1.52 bits per heavy atom. The number of piperidine rings is 1. The van der Waals surface area contributed by atoms with E-state index in [4.69, 9.17) is 0 Å². The van der Waals surface area contributed by atoms with Gasteiger partial charge in [0.2, 0.25) is 5.91 Å². The summed E-state index contributed by atoms with van der Waals surface area (Å²) in [4.78, 5) is 30.5. The number of likely N-dealkylation sites (tertiary alicyclic amines) is 1. The van der Waals surface area contributed by atoms with E-state index in [-0.39, 0.29) is 17.7 Å². The zero-order valence-corrected chi connectivity index (χ0v) is 13.5. The third-order valence-corrected chi connectivity index (χ3v) is 4.52. The van der Waals surface area contributed by atoms with Crippen LogP contribution in [0, 0.1) is 12.8 Å². The molecular formula is C15H23N3O2S. The number of rotatable bonds is 5. The molecule has 0 aromatic carbocycles. The number of aryl methyl sites for hydroxylation is 1. The minimum atomic E-state index is -0.0840. The first kappa shape index (κ1) is 15.9. The van der Waals surface area contributed by atoms with Crippen molar-refractivity contribution in [3.05, 3.63) is 16.1 Å². The molecule has 1 aromatic heterocycles. The minimum absolute atomic E-state index is 0.0505. The highest BCUT2D eigenvalue weighted by atomic mass is 32.1. The largest absolute Gasteiger partial charge is 0.356 e. The molecule has 116 valence electrons. The van der Waals surface area contributed by atoms with Gasteiger partial charge in [0, 0.05) is 25.0 Å². The molecule has 0 spiro atoms. The van der Waals surface area contributed by atoms with E-state index in [2.05, 4.69) is 17.2 Å². The Balaban J connectivity index is 1.91. The molecule has 21 heavy (non-hydrogen) atoms. The van der Waals surface area contributed by atoms with E-state index in [0.29, 0.717) is 18.8 Å². The van der Waals surface area contributed by atoms with Crippen LogP contribution in [0.2, 0.25) is 0 Å². The number of thiazole rings is 1. The second kappa shape index (κ2) is 7.54. The number of carbonyl (C=O) groups excluding carboxylic acids is 2. The topological polar surface area (TPSA) is 62.3 Å². The molecule has 0 radical (unpaired) electrons. The van der Waals surface area contributed by atoms with Crippen LogP contribution in [0.5, 0.6) is 0 Å². The molecule has 0 bridgehead atoms. The van der Waals surface area contributed by atoms with Gasteiger partial charge in [-0.1, -0.05) is 13.3 Å². The molecule has 6 heteroatoms. The van der Waals surface area contributed by atoms with Gasteiger partial charge in [0.25, 0.3) is 5.91 Å². The Hall–Kier alpha value is -1.43. The van der Waals surface area contributed by atoms with Crippen molar-refractivity contribution in [3.8, 4) is 0 Å². The van der Waals surface area contributed by atoms with Gasteiger partial charge in [-0.3, -0.25) is 9.59 Å². The van der Waals surface area contributed by atoms with E-state index >= 15 is 0 Å². The van der Waals surface area contributed by atoms with Crippen LogP contribution >= 0.6 is 11.3 Å². The molecule has 2 amide bonds. The number of amides is 2. The molecule has 1 saturated heterocycles. The van der Waals surface area contributed by atoms with E-state index in [1.165, 1.54) is 11.3 Å². The lowest BCUT2D eigenvalue weighted by atomic mass is 9.97. The summed E-state index contributed by atoms with van der Waals surface area (Å²) in [6.07, 6.45) is 3.80. The number of hydrogen-bond acceptors (Lipinski definition) is 4. The molecular weight excluding hydrogens is 286 g/mol. The van der Waals surface area contributed by atoms with Crippen LogP contribution in [-0.4, -0.2) is 41.3 Å². The minimum Gasteiger partial charge on any atom is -0.356 e. The van der Waals surface area contributed by atoms with Crippen LogP contribution in [-0.2, 0) is 4.79 Å². The Morgan fingerprint density at radius 2 is 2.33 bits per heavy atom. The van der Waals surface area contributed by atoms with Crippen LogP contribution in [0.25, 0.3) is 0 Å². The van der Waals surface area contributed by atoms with Crippen molar-refractivity contribution < 1.29 is 9.59 Å². The fraction of sp³-hybridized carbons (Fsp3) is 0.667. The van der Waals surface area contributed by atoms with Gasteiger partial charge < -0.3 is 10.2 Å². The average molecular weight is 309 g/mol. The van der Waals surface area contributed by atoms with Gasteiger partial charge in [-0.25, -0.2) is 4.98 Å². The second-order valence-electron chi connectivity index (χ2n) is 5.49. The van der Waals surface area contributed by atoms with Gasteiger partial charge in [-0.2, -0.15) is 0 Å². The zero-order valence-electron chi connectivity index (χ0n) is 12.7. The molecule has 1 unspecified atom stereocenters. The van der Waals surface area contributed by atoms with Crippen molar-refractivity contribution in [2.45, 2.75) is 39.5 Å². The van der Waals surface area contributed by atoms with Crippen molar-refractivity contribution in [3.63, 3.8) is 0 Å². The third-order valence-electron chi connectivity index (χ3n) is 3.75. The Bertz CT molecular complexity index is 501. The lowest BCUT2D eigenvalue weighted by molar-refractivity contribution is -0.126. The lowest BCUT2D eigenvalue weighted by Crippen LogP contribution is -2.45. The highest BCUT2D eigenvalue weighted by Gasteiger charge is 2.29. The second-order valence-corrected chi connectivity index (χ2v) is 6.55. The maximum atomic E-state index is 12.4. The van der Waals surface area contributed by atoms with E-state index in [0.717, 1.165) is 37.2 Å². The first-order valence-corrected chi connectivity index (χ1v) is 8.49. The predicted octanol–water partition coefficient (Wildman–Crippen LogP) is 2.22. The Labute approximate surface area is 129 Å². The van der Waals surface area contributed by atoms with E-state index in [1.54, 1.807) is 10.3 Å². The Kier molecular flexibility index (Phi) is 5.73. The summed E-state index contributed by atoms with van der Waals surface area (Å²) in [5, 5.41) is 5.65. The summed E-state index contributed by atoms with van der Waals surface area (Å²) in [5.74, 6) is -0.0555. The normalized spacial score (nSPS) is 18.6. The molecule has 1 N–H and O–H groups in total. The summed E-state index contributed by atoms with van der Waals surface area (Å²) in [5.41, 5.74) is 0.504. The fourth-order valence-electron chi connectivity index (χ4n) is 2.53. The number of carbonyl (C=O) groups is 2. The summed E-state index contributed by atoms with van der Waals surface area (Å²) in [6.45, 7) is 5.94. The molecule has 1 aromatic rings. The average Bonchev–Trinajstić information content (AvgIpc) is 2.93. The molecule has 2 heterocycles. The van der Waals surface area contributed by atoms with Gasteiger partial charge in [0.15, 0.2) is 0 Å². The van der Waals surface area contributed by atoms with Crippen LogP contribution in [0.15, 0.2) is 5.38 Å². The summed E-state index contributed by atoms with van der Waals surface area (Å²) in [6, 6.07) is 0. The standard InChI is InChI=1S/C15H23N3O2S/c1-3-4-7-16-14(19)12-6-5-8-18(9-12)15(20)13-10-21-11(2)17-13/h10,12H,3-9H2,1-2H3,(H,16,19). The molecule has 2 rings (SSSR count). The molecule has 1 atom stereocenters. The van der Waals surface area contributed by atoms with Gasteiger partial charge in [0.05, 0.1) is 10.9 Å². The highest BCUT2D eigenvalue weighted by molar-refractivity contribution is 7.09. The number of hydrogen-bond donors (Lipinski definition) is 1. The molecule has 1 aliphatic rings. The predicted molar refractivity (Wildman–Crippen MR) is 83.4 cm³/mol. The van der Waals surface area contributed by atoms with E-state index in [1.807, 2.05) is 6.92 Å². The summed E-state index contributed by atoms with van der Waals surface area (Å²) in [7, 11) is 0. The molecule has 5 nitrogen and oxygen atoms in total. The summed E-state index contributed by atoms with van der Waals surface area (Å²) >= 11 is 1.48. The highest BCUT2D eigenvalue weighted by Crippen LogP contribution is 2.19. The maximum Gasteiger partial charge on any atom is 0.273 e. The lowest BCUT2D eigenvalue weighted by Gasteiger charge is -2.31. The number of nitrogens with zero attached hydrogens (tertiary/aromatic N) is 2. The van der Waals surface area contributed by atoms with Crippen molar-refractivity contribution >= 4 is 23.2 Å². The van der Waals surface area contributed by atoms with Crippen LogP contribution in [0.3, 0.4) is 0 Å². The van der Waals surface area contributed by atoms with Crippen molar-refractivity contribution in [1.29, 1.82) is 0 Å². The van der Waals surface area contributed by atoms with Crippen LogP contribution in [0.4, 0.5) is 0 Å². The number of unbranched alkanes of at least 4 members (excludes halogenated alkanes) is 1. The maximum absolute atomic E-state index is 12.4. The number of aromatic nitrogens is 1. The molecule has 1 aliphatic heterocycles. The third kappa shape index (κ3) is 4.27. The quantitative estimate of drug-likeness (QED) is 0.848. The van der Waals surface area contributed by atoms with Crippen LogP contribution < -0.4 is 5.32 Å². The van der Waals surface area contributed by atoms with Crippen molar-refractivity contribution in [2.24, 2.45) is 5.92 Å². The van der Waals surface area contributed by atoms with Gasteiger partial charge in [-0.15, -0.1) is 11.3 Å². The molecule has 1 fully saturated rings. The monoisotopic (exact) mass is 309 g/mol. The first-order valence-electron chi connectivity index (χ1n) is 7.61.